The molecule has 0 N–H and O–H groups in total. The molecule has 1 saturated carbocycles. The fraction of sp³-hybridized carbons (Fsp3) is 0.500. The normalized spacial score (nSPS) is 15.0. The molecule has 0 spiro atoms. The lowest BCUT2D eigenvalue weighted by atomic mass is 10.1. The lowest BCUT2D eigenvalue weighted by Crippen LogP contribution is -1.98. The first-order valence-corrected chi connectivity index (χ1v) is 5.06. The second-order valence-corrected chi connectivity index (χ2v) is 3.77. The van der Waals surface area contributed by atoms with Gasteiger partial charge in [0, 0.05) is 11.4 Å². The molecule has 1 aromatic heterocycles. The van der Waals surface area contributed by atoms with E-state index < -0.39 is 0 Å². The van der Waals surface area contributed by atoms with E-state index in [-0.39, 0.29) is 0 Å². The third-order valence-corrected chi connectivity index (χ3v) is 2.54. The molecule has 14 heavy (non-hydrogen) atoms. The van der Waals surface area contributed by atoms with Crippen LogP contribution in [0.15, 0.2) is 4.99 Å². The minimum Gasteiger partial charge on any atom is -0.216 e. The number of aromatic nitrogens is 2. The molecule has 0 unspecified atom stereocenters. The maximum absolute atomic E-state index is 4.52. The van der Waals surface area contributed by atoms with Crippen molar-refractivity contribution in [1.82, 2.24) is 9.97 Å². The van der Waals surface area contributed by atoms with E-state index >= 15 is 0 Å². The summed E-state index contributed by atoms with van der Waals surface area (Å²) in [6.07, 6.45) is 2.53. The Morgan fingerprint density at radius 2 is 1.86 bits per heavy atom. The maximum atomic E-state index is 4.52. The van der Waals surface area contributed by atoms with Gasteiger partial charge < -0.3 is 0 Å². The average Bonchev–Trinajstić information content (AvgIpc) is 2.87. The van der Waals surface area contributed by atoms with Crippen molar-refractivity contribution in [3.63, 3.8) is 0 Å². The molecule has 3 nitrogen and oxygen atoms in total. The van der Waals surface area contributed by atoms with Gasteiger partial charge in [-0.2, -0.15) is 4.99 Å². The number of rotatable bonds is 2. The molecule has 1 fully saturated rings. The predicted molar refractivity (Wildman–Crippen MR) is 58.2 cm³/mol. The summed E-state index contributed by atoms with van der Waals surface area (Å²) in [5.41, 5.74) is 3.36. The van der Waals surface area contributed by atoms with Crippen LogP contribution in [0.2, 0.25) is 0 Å². The maximum Gasteiger partial charge on any atom is 0.258 e. The molecule has 0 aromatic carbocycles. The standard InChI is InChI=1S/C10H11N3S/c1-6-9(8-3-4-8)7(2)13-10(12-6)11-5-14/h8H,3-4H2,1-2H3. The van der Waals surface area contributed by atoms with Gasteiger partial charge in [0.2, 0.25) is 0 Å². The smallest absolute Gasteiger partial charge is 0.216 e. The minimum absolute atomic E-state index is 0.430. The predicted octanol–water partition coefficient (Wildman–Crippen LogP) is 2.71. The zero-order chi connectivity index (χ0) is 10.1. The lowest BCUT2D eigenvalue weighted by Gasteiger charge is -2.06. The molecule has 2 rings (SSSR count). The molecule has 1 aromatic rings. The van der Waals surface area contributed by atoms with Gasteiger partial charge in [-0.15, -0.1) is 0 Å². The summed E-state index contributed by atoms with van der Waals surface area (Å²) in [4.78, 5) is 12.3. The van der Waals surface area contributed by atoms with E-state index in [0.29, 0.717) is 11.9 Å². The van der Waals surface area contributed by atoms with Crippen LogP contribution in [0.3, 0.4) is 0 Å². The van der Waals surface area contributed by atoms with Gasteiger partial charge in [-0.1, -0.05) is 0 Å². The molecule has 72 valence electrons. The highest BCUT2D eigenvalue weighted by molar-refractivity contribution is 7.78. The summed E-state index contributed by atoms with van der Waals surface area (Å²) in [7, 11) is 0. The first-order valence-electron chi connectivity index (χ1n) is 4.65. The first kappa shape index (κ1) is 9.44. The van der Waals surface area contributed by atoms with Crippen molar-refractivity contribution >= 4 is 23.3 Å². The molecule has 0 aliphatic heterocycles. The SMILES string of the molecule is Cc1nc(N=C=S)nc(C)c1C1CC1. The van der Waals surface area contributed by atoms with Crippen LogP contribution in [0, 0.1) is 13.8 Å². The van der Waals surface area contributed by atoms with Gasteiger partial charge in [-0.05, 0) is 50.4 Å². The number of hydrogen-bond donors (Lipinski definition) is 0. The van der Waals surface area contributed by atoms with Crippen LogP contribution in [-0.4, -0.2) is 15.1 Å². The molecule has 0 saturated heterocycles. The van der Waals surface area contributed by atoms with Crippen molar-refractivity contribution < 1.29 is 0 Å². The molecular formula is C10H11N3S. The molecule has 0 atom stereocenters. The number of hydrogen-bond acceptors (Lipinski definition) is 4. The number of nitrogens with zero attached hydrogens (tertiary/aromatic N) is 3. The summed E-state index contributed by atoms with van der Waals surface area (Å²) >= 11 is 4.52. The number of aryl methyl sites for hydroxylation is 2. The summed E-state index contributed by atoms with van der Waals surface area (Å²) in [5.74, 6) is 1.11. The highest BCUT2D eigenvalue weighted by Gasteiger charge is 2.28. The minimum atomic E-state index is 0.430. The number of thiocarbonyl (C=S) groups is 1. The van der Waals surface area contributed by atoms with E-state index in [1.807, 2.05) is 13.8 Å². The van der Waals surface area contributed by atoms with E-state index in [0.717, 1.165) is 11.4 Å². The monoisotopic (exact) mass is 205 g/mol. The van der Waals surface area contributed by atoms with Crippen molar-refractivity contribution in [2.24, 2.45) is 4.99 Å². The van der Waals surface area contributed by atoms with Crippen LogP contribution in [0.25, 0.3) is 0 Å². The van der Waals surface area contributed by atoms with Crippen LogP contribution < -0.4 is 0 Å². The van der Waals surface area contributed by atoms with Crippen molar-refractivity contribution in [2.45, 2.75) is 32.6 Å². The van der Waals surface area contributed by atoms with E-state index in [2.05, 4.69) is 32.3 Å². The van der Waals surface area contributed by atoms with E-state index in [1.54, 1.807) is 0 Å². The van der Waals surface area contributed by atoms with Gasteiger partial charge in [-0.3, -0.25) is 0 Å². The molecule has 0 amide bonds. The van der Waals surface area contributed by atoms with Crippen molar-refractivity contribution in [1.29, 1.82) is 0 Å². The van der Waals surface area contributed by atoms with Gasteiger partial charge in [0.25, 0.3) is 5.95 Å². The fourth-order valence-electron chi connectivity index (χ4n) is 1.76. The Morgan fingerprint density at radius 1 is 1.29 bits per heavy atom. The van der Waals surface area contributed by atoms with Crippen LogP contribution in [0.1, 0.15) is 35.7 Å². The van der Waals surface area contributed by atoms with Crippen LogP contribution >= 0.6 is 12.2 Å². The highest BCUT2D eigenvalue weighted by Crippen LogP contribution is 2.42. The highest BCUT2D eigenvalue weighted by atomic mass is 32.1. The Morgan fingerprint density at radius 3 is 2.29 bits per heavy atom. The zero-order valence-corrected chi connectivity index (χ0v) is 9.06. The topological polar surface area (TPSA) is 38.1 Å². The van der Waals surface area contributed by atoms with Gasteiger partial charge in [0.1, 0.15) is 0 Å². The molecule has 0 bridgehead atoms. The van der Waals surface area contributed by atoms with Gasteiger partial charge in [-0.25, -0.2) is 9.97 Å². The van der Waals surface area contributed by atoms with Crippen molar-refractivity contribution in [2.75, 3.05) is 0 Å². The Kier molecular flexibility index (Phi) is 2.40. The molecule has 1 aliphatic carbocycles. The molecule has 0 radical (unpaired) electrons. The summed E-state index contributed by atoms with van der Waals surface area (Å²) in [6, 6.07) is 0. The van der Waals surface area contributed by atoms with Gasteiger partial charge >= 0.3 is 0 Å². The summed E-state index contributed by atoms with van der Waals surface area (Å²) < 4.78 is 0. The quantitative estimate of drug-likeness (QED) is 0.550. The fourth-order valence-corrected chi connectivity index (χ4v) is 1.84. The largest absolute Gasteiger partial charge is 0.258 e. The second-order valence-electron chi connectivity index (χ2n) is 3.59. The van der Waals surface area contributed by atoms with Crippen LogP contribution in [0.4, 0.5) is 5.95 Å². The third kappa shape index (κ3) is 1.72. The molecule has 1 heterocycles. The first-order chi connectivity index (χ1) is 6.72. The number of aliphatic imine (C=N–C) groups is 1. The van der Waals surface area contributed by atoms with Crippen molar-refractivity contribution in [3.05, 3.63) is 17.0 Å². The zero-order valence-electron chi connectivity index (χ0n) is 8.24. The summed E-state index contributed by atoms with van der Waals surface area (Å²) in [6.45, 7) is 4.01. The van der Waals surface area contributed by atoms with Gasteiger partial charge in [0.05, 0.1) is 5.16 Å². The Labute approximate surface area is 88.3 Å². The second kappa shape index (κ2) is 3.56. The van der Waals surface area contributed by atoms with E-state index in [4.69, 9.17) is 0 Å². The number of isothiocyanates is 1. The Bertz CT molecular complexity index is 394. The average molecular weight is 205 g/mol. The lowest BCUT2D eigenvalue weighted by molar-refractivity contribution is 0.946. The molecule has 1 aliphatic rings. The van der Waals surface area contributed by atoms with Gasteiger partial charge in [0.15, 0.2) is 0 Å². The molecule has 4 heteroatoms. The molecular weight excluding hydrogens is 194 g/mol. The van der Waals surface area contributed by atoms with Crippen LogP contribution in [-0.2, 0) is 0 Å². The van der Waals surface area contributed by atoms with E-state index in [9.17, 15) is 0 Å². The van der Waals surface area contributed by atoms with Crippen LogP contribution in [0.5, 0.6) is 0 Å². The summed E-state index contributed by atoms with van der Waals surface area (Å²) in [5, 5.41) is 2.29. The van der Waals surface area contributed by atoms with E-state index in [1.165, 1.54) is 18.4 Å². The van der Waals surface area contributed by atoms with Crippen molar-refractivity contribution in [3.8, 4) is 0 Å². The third-order valence-electron chi connectivity index (χ3n) is 2.45. The Balaban J connectivity index is 2.48. The Hall–Kier alpha value is -1.12.